The van der Waals surface area contributed by atoms with E-state index in [2.05, 4.69) is 21.2 Å². The highest BCUT2D eigenvalue weighted by Crippen LogP contribution is 2.22. The van der Waals surface area contributed by atoms with Crippen molar-refractivity contribution in [1.82, 2.24) is 5.32 Å². The van der Waals surface area contributed by atoms with E-state index in [0.717, 1.165) is 10.0 Å². The molecule has 0 saturated heterocycles. The topological polar surface area (TPSA) is 75.6 Å². The average Bonchev–Trinajstić information content (AvgIpc) is 2.48. The molecule has 2 atom stereocenters. The number of ether oxygens (including phenoxy) is 1. The Kier molecular flexibility index (Phi) is 8.02. The van der Waals surface area contributed by atoms with Crippen LogP contribution in [0.2, 0.25) is 5.02 Å². The standard InChI is InChI=1S/C16H21BrClNO4/c1-9(2)6-14(20)15(21)19-13(16(22)23-3)8-10-7-11(18)4-5-12(10)17/h4-5,7,9,13-14,20H,6,8H2,1-3H3,(H,19,21)/t13-,14-/m0/s1. The molecule has 128 valence electrons. The summed E-state index contributed by atoms with van der Waals surface area (Å²) >= 11 is 9.35. The van der Waals surface area contributed by atoms with Crippen LogP contribution in [0.3, 0.4) is 0 Å². The summed E-state index contributed by atoms with van der Waals surface area (Å²) in [6, 6.07) is 4.29. The second kappa shape index (κ2) is 9.25. The molecule has 0 radical (unpaired) electrons. The first-order chi connectivity index (χ1) is 10.7. The zero-order valence-corrected chi connectivity index (χ0v) is 15.6. The van der Waals surface area contributed by atoms with Crippen LogP contribution in [-0.4, -0.2) is 36.2 Å². The van der Waals surface area contributed by atoms with Crippen LogP contribution >= 0.6 is 27.5 Å². The summed E-state index contributed by atoms with van der Waals surface area (Å²) < 4.78 is 5.50. The highest BCUT2D eigenvalue weighted by molar-refractivity contribution is 9.10. The maximum absolute atomic E-state index is 12.0. The third-order valence-corrected chi connectivity index (χ3v) is 4.24. The predicted octanol–water partition coefficient (Wildman–Crippen LogP) is 2.71. The van der Waals surface area contributed by atoms with Crippen molar-refractivity contribution in [2.24, 2.45) is 5.92 Å². The van der Waals surface area contributed by atoms with Gasteiger partial charge in [-0.25, -0.2) is 4.79 Å². The number of benzene rings is 1. The van der Waals surface area contributed by atoms with Gasteiger partial charge in [-0.05, 0) is 36.1 Å². The zero-order chi connectivity index (χ0) is 17.6. The van der Waals surface area contributed by atoms with Crippen LogP contribution in [0.4, 0.5) is 0 Å². The molecule has 0 aliphatic rings. The Balaban J connectivity index is 2.87. The lowest BCUT2D eigenvalue weighted by atomic mass is 10.0. The summed E-state index contributed by atoms with van der Waals surface area (Å²) in [7, 11) is 1.25. The van der Waals surface area contributed by atoms with Gasteiger partial charge in [0.15, 0.2) is 0 Å². The second-order valence-corrected chi connectivity index (χ2v) is 6.96. The van der Waals surface area contributed by atoms with E-state index in [4.69, 9.17) is 16.3 Å². The Morgan fingerprint density at radius 2 is 2.04 bits per heavy atom. The van der Waals surface area contributed by atoms with Gasteiger partial charge in [-0.15, -0.1) is 0 Å². The zero-order valence-electron chi connectivity index (χ0n) is 13.3. The normalized spacial score (nSPS) is 13.5. The molecule has 0 spiro atoms. The van der Waals surface area contributed by atoms with Crippen molar-refractivity contribution in [1.29, 1.82) is 0 Å². The van der Waals surface area contributed by atoms with Crippen LogP contribution in [-0.2, 0) is 20.7 Å². The fraction of sp³-hybridized carbons (Fsp3) is 0.500. The lowest BCUT2D eigenvalue weighted by molar-refractivity contribution is -0.146. The van der Waals surface area contributed by atoms with Crippen LogP contribution in [0.15, 0.2) is 22.7 Å². The molecule has 1 rings (SSSR count). The van der Waals surface area contributed by atoms with Gasteiger partial charge in [0, 0.05) is 15.9 Å². The summed E-state index contributed by atoms with van der Waals surface area (Å²) in [5.74, 6) is -1.01. The summed E-state index contributed by atoms with van der Waals surface area (Å²) in [6.07, 6.45) is -0.640. The second-order valence-electron chi connectivity index (χ2n) is 5.67. The molecule has 2 N–H and O–H groups in total. The quantitative estimate of drug-likeness (QED) is 0.683. The molecular weight excluding hydrogens is 386 g/mol. The van der Waals surface area contributed by atoms with Gasteiger partial charge in [0.05, 0.1) is 7.11 Å². The largest absolute Gasteiger partial charge is 0.467 e. The number of aliphatic hydroxyl groups is 1. The van der Waals surface area contributed by atoms with Gasteiger partial charge in [0.1, 0.15) is 12.1 Å². The van der Waals surface area contributed by atoms with Gasteiger partial charge in [0.2, 0.25) is 5.91 Å². The molecule has 0 saturated carbocycles. The summed E-state index contributed by atoms with van der Waals surface area (Å²) in [4.78, 5) is 24.0. The highest BCUT2D eigenvalue weighted by Gasteiger charge is 2.26. The number of esters is 1. The Hall–Kier alpha value is -1.11. The number of methoxy groups -OCH3 is 1. The monoisotopic (exact) mass is 405 g/mol. The van der Waals surface area contributed by atoms with E-state index in [1.807, 2.05) is 13.8 Å². The number of nitrogens with one attached hydrogen (secondary N) is 1. The van der Waals surface area contributed by atoms with Gasteiger partial charge in [-0.3, -0.25) is 4.79 Å². The number of aliphatic hydroxyl groups excluding tert-OH is 1. The number of amides is 1. The van der Waals surface area contributed by atoms with Crippen molar-refractivity contribution in [3.05, 3.63) is 33.3 Å². The molecule has 1 amide bonds. The van der Waals surface area contributed by atoms with Crippen molar-refractivity contribution >= 4 is 39.4 Å². The Labute approximate surface area is 149 Å². The fourth-order valence-corrected chi connectivity index (χ4v) is 2.68. The van der Waals surface area contributed by atoms with E-state index in [0.29, 0.717) is 11.4 Å². The van der Waals surface area contributed by atoms with Gasteiger partial charge < -0.3 is 15.2 Å². The third-order valence-electron chi connectivity index (χ3n) is 3.23. The van der Waals surface area contributed by atoms with Crippen molar-refractivity contribution in [2.75, 3.05) is 7.11 Å². The van der Waals surface area contributed by atoms with Gasteiger partial charge in [0.25, 0.3) is 0 Å². The SMILES string of the molecule is COC(=O)[C@H](Cc1cc(Cl)ccc1Br)NC(=O)[C@@H](O)CC(C)C. The highest BCUT2D eigenvalue weighted by atomic mass is 79.9. The molecule has 1 aromatic rings. The van der Waals surface area contributed by atoms with E-state index in [1.165, 1.54) is 7.11 Å². The van der Waals surface area contributed by atoms with Crippen LogP contribution in [0.25, 0.3) is 0 Å². The lowest BCUT2D eigenvalue weighted by Crippen LogP contribution is -2.47. The first kappa shape index (κ1) is 19.9. The molecule has 0 unspecified atom stereocenters. The smallest absolute Gasteiger partial charge is 0.328 e. The number of carbonyl (C=O) groups is 2. The molecule has 0 aromatic heterocycles. The average molecular weight is 407 g/mol. The van der Waals surface area contributed by atoms with E-state index in [9.17, 15) is 14.7 Å². The van der Waals surface area contributed by atoms with E-state index < -0.39 is 24.0 Å². The molecule has 5 nitrogen and oxygen atoms in total. The molecule has 1 aromatic carbocycles. The van der Waals surface area contributed by atoms with Crippen LogP contribution < -0.4 is 5.32 Å². The number of hydrogen-bond donors (Lipinski definition) is 2. The molecule has 0 aliphatic carbocycles. The Bertz CT molecular complexity index is 565. The summed E-state index contributed by atoms with van der Waals surface area (Å²) in [6.45, 7) is 3.80. The minimum Gasteiger partial charge on any atom is -0.467 e. The molecule has 23 heavy (non-hydrogen) atoms. The van der Waals surface area contributed by atoms with Crippen molar-refractivity contribution in [3.8, 4) is 0 Å². The Morgan fingerprint density at radius 3 is 2.61 bits per heavy atom. The van der Waals surface area contributed by atoms with Crippen molar-refractivity contribution < 1.29 is 19.4 Å². The van der Waals surface area contributed by atoms with E-state index in [-0.39, 0.29) is 12.3 Å². The minimum absolute atomic E-state index is 0.161. The number of rotatable bonds is 7. The van der Waals surface area contributed by atoms with Crippen molar-refractivity contribution in [3.63, 3.8) is 0 Å². The minimum atomic E-state index is -1.16. The van der Waals surface area contributed by atoms with Gasteiger partial charge >= 0.3 is 5.97 Å². The number of carbonyl (C=O) groups excluding carboxylic acids is 2. The molecule has 0 fully saturated rings. The lowest BCUT2D eigenvalue weighted by Gasteiger charge is -2.20. The summed E-state index contributed by atoms with van der Waals surface area (Å²) in [5, 5.41) is 12.9. The Morgan fingerprint density at radius 1 is 1.39 bits per heavy atom. The number of halogens is 2. The van der Waals surface area contributed by atoms with E-state index >= 15 is 0 Å². The number of hydrogen-bond acceptors (Lipinski definition) is 4. The third kappa shape index (κ3) is 6.49. The molecule has 0 bridgehead atoms. The maximum atomic E-state index is 12.0. The van der Waals surface area contributed by atoms with Gasteiger partial charge in [-0.1, -0.05) is 41.4 Å². The molecular formula is C16H21BrClNO4. The first-order valence-electron chi connectivity index (χ1n) is 7.24. The first-order valence-corrected chi connectivity index (χ1v) is 8.41. The molecule has 0 aliphatic heterocycles. The van der Waals surface area contributed by atoms with Crippen LogP contribution in [0.5, 0.6) is 0 Å². The van der Waals surface area contributed by atoms with Gasteiger partial charge in [-0.2, -0.15) is 0 Å². The predicted molar refractivity (Wildman–Crippen MR) is 92.3 cm³/mol. The molecule has 0 heterocycles. The van der Waals surface area contributed by atoms with Crippen LogP contribution in [0.1, 0.15) is 25.8 Å². The van der Waals surface area contributed by atoms with E-state index in [1.54, 1.807) is 18.2 Å². The van der Waals surface area contributed by atoms with Crippen LogP contribution in [0, 0.1) is 5.92 Å². The fourth-order valence-electron chi connectivity index (χ4n) is 2.08. The van der Waals surface area contributed by atoms with Crippen molar-refractivity contribution in [2.45, 2.75) is 38.8 Å². The maximum Gasteiger partial charge on any atom is 0.328 e. The summed E-state index contributed by atoms with van der Waals surface area (Å²) in [5.41, 5.74) is 0.756. The molecule has 7 heteroatoms.